The molecule has 3 heterocycles. The third-order valence-corrected chi connectivity index (χ3v) is 8.39. The Morgan fingerprint density at radius 1 is 1.24 bits per heavy atom. The van der Waals surface area contributed by atoms with Crippen molar-refractivity contribution in [1.29, 1.82) is 0 Å². The van der Waals surface area contributed by atoms with Gasteiger partial charge < -0.3 is 19.1 Å². The van der Waals surface area contributed by atoms with E-state index in [1.54, 1.807) is 19.4 Å². The van der Waals surface area contributed by atoms with Crippen molar-refractivity contribution in [2.24, 2.45) is 0 Å². The summed E-state index contributed by atoms with van der Waals surface area (Å²) in [4.78, 5) is 29.3. The predicted molar refractivity (Wildman–Crippen MR) is 125 cm³/mol. The molecule has 0 radical (unpaired) electrons. The molecule has 34 heavy (non-hydrogen) atoms. The topological polar surface area (TPSA) is 125 Å². The molecular formula is C23H22N2O7S2. The fraction of sp³-hybridized carbons (Fsp3) is 0.348. The largest absolute Gasteiger partial charge is 0.493 e. The number of hydrogen-bond acceptors (Lipinski definition) is 8. The second kappa shape index (κ2) is 8.64. The molecule has 0 atom stereocenters. The SMILES string of the molecule is COCCCOc1cc2c(cc1-c1nccs1)-c1c(cc(C(=O)O)c(=O)n1C1CC1)CS2(=O)=O. The highest BCUT2D eigenvalue weighted by molar-refractivity contribution is 7.90. The monoisotopic (exact) mass is 502 g/mol. The van der Waals surface area contributed by atoms with Gasteiger partial charge in [0.15, 0.2) is 9.84 Å². The molecule has 0 saturated heterocycles. The van der Waals surface area contributed by atoms with Crippen LogP contribution in [0.1, 0.15) is 41.2 Å². The summed E-state index contributed by atoms with van der Waals surface area (Å²) < 4.78 is 39.1. The zero-order chi connectivity index (χ0) is 24.0. The van der Waals surface area contributed by atoms with Crippen molar-refractivity contribution in [3.05, 3.63) is 51.3 Å². The van der Waals surface area contributed by atoms with Crippen LogP contribution in [0.3, 0.4) is 0 Å². The molecule has 1 N–H and O–H groups in total. The summed E-state index contributed by atoms with van der Waals surface area (Å²) in [5, 5.41) is 12.0. The summed E-state index contributed by atoms with van der Waals surface area (Å²) in [6.45, 7) is 0.833. The summed E-state index contributed by atoms with van der Waals surface area (Å²) in [5.41, 5.74) is 0.738. The number of thiazole rings is 1. The number of aromatic nitrogens is 2. The van der Waals surface area contributed by atoms with E-state index in [0.717, 1.165) is 12.8 Å². The number of rotatable bonds is 8. The summed E-state index contributed by atoms with van der Waals surface area (Å²) in [6.07, 6.45) is 3.74. The second-order valence-electron chi connectivity index (χ2n) is 8.28. The first kappa shape index (κ1) is 22.8. The maximum Gasteiger partial charge on any atom is 0.341 e. The van der Waals surface area contributed by atoms with Crippen LogP contribution in [-0.2, 0) is 20.3 Å². The van der Waals surface area contributed by atoms with E-state index in [1.807, 2.05) is 5.38 Å². The first-order chi connectivity index (χ1) is 16.3. The van der Waals surface area contributed by atoms with Crippen molar-refractivity contribution in [3.8, 4) is 27.6 Å². The van der Waals surface area contributed by atoms with Crippen molar-refractivity contribution in [1.82, 2.24) is 9.55 Å². The van der Waals surface area contributed by atoms with E-state index < -0.39 is 26.9 Å². The van der Waals surface area contributed by atoms with Crippen LogP contribution in [0, 0.1) is 0 Å². The van der Waals surface area contributed by atoms with Crippen molar-refractivity contribution in [2.75, 3.05) is 20.3 Å². The first-order valence-electron chi connectivity index (χ1n) is 10.8. The second-order valence-corrected chi connectivity index (χ2v) is 11.1. The van der Waals surface area contributed by atoms with Crippen LogP contribution in [0.2, 0.25) is 0 Å². The van der Waals surface area contributed by atoms with Gasteiger partial charge in [-0.3, -0.25) is 4.79 Å². The van der Waals surface area contributed by atoms with Crippen LogP contribution in [-0.4, -0.2) is 49.4 Å². The lowest BCUT2D eigenvalue weighted by molar-refractivity contribution is 0.0694. The summed E-state index contributed by atoms with van der Waals surface area (Å²) in [7, 11) is -2.21. The maximum absolute atomic E-state index is 13.3. The van der Waals surface area contributed by atoms with Crippen molar-refractivity contribution in [3.63, 3.8) is 0 Å². The van der Waals surface area contributed by atoms with E-state index in [2.05, 4.69) is 4.98 Å². The van der Waals surface area contributed by atoms with Crippen molar-refractivity contribution < 1.29 is 27.8 Å². The Morgan fingerprint density at radius 2 is 2.03 bits per heavy atom. The van der Waals surface area contributed by atoms with E-state index >= 15 is 0 Å². The zero-order valence-corrected chi connectivity index (χ0v) is 19.9. The Morgan fingerprint density at radius 3 is 2.68 bits per heavy atom. The maximum atomic E-state index is 13.3. The minimum absolute atomic E-state index is 0.0684. The molecule has 1 saturated carbocycles. The predicted octanol–water partition coefficient (Wildman–Crippen LogP) is 3.37. The van der Waals surface area contributed by atoms with E-state index in [0.29, 0.717) is 52.8 Å². The molecule has 0 amide bonds. The fourth-order valence-corrected chi connectivity index (χ4v) is 6.47. The average molecular weight is 503 g/mol. The minimum Gasteiger partial charge on any atom is -0.493 e. The number of aromatic carboxylic acids is 1. The number of carboxylic acid groups (broad SMARTS) is 1. The molecule has 11 heteroatoms. The summed E-state index contributed by atoms with van der Waals surface area (Å²) in [6, 6.07) is 4.26. The quantitative estimate of drug-likeness (QED) is 0.465. The Bertz CT molecular complexity index is 1440. The number of pyridine rings is 1. The van der Waals surface area contributed by atoms with Gasteiger partial charge in [0.2, 0.25) is 0 Å². The van der Waals surface area contributed by atoms with Crippen molar-refractivity contribution >= 4 is 27.1 Å². The molecule has 0 spiro atoms. The molecule has 3 aromatic rings. The highest BCUT2D eigenvalue weighted by atomic mass is 32.2. The third kappa shape index (κ3) is 3.93. The van der Waals surface area contributed by atoms with Crippen LogP contribution in [0.25, 0.3) is 21.8 Å². The molecule has 0 unspecified atom stereocenters. The van der Waals surface area contributed by atoms with Crippen LogP contribution in [0.15, 0.2) is 39.5 Å². The number of benzene rings is 1. The lowest BCUT2D eigenvalue weighted by atomic mass is 10.00. The van der Waals surface area contributed by atoms with Crippen LogP contribution < -0.4 is 10.3 Å². The normalized spacial score (nSPS) is 16.0. The van der Waals surface area contributed by atoms with Gasteiger partial charge in [0.05, 0.1) is 28.5 Å². The van der Waals surface area contributed by atoms with E-state index in [4.69, 9.17) is 9.47 Å². The standard InChI is InChI=1S/C23H22N2O7S2/c1-31-6-2-7-32-18-11-19-16(10-15(18)21-24-5-8-33-21)20-13(12-34(19,29)30)9-17(23(27)28)22(26)25(20)14-3-4-14/h5,8-11,14H,2-4,6-7,12H2,1H3,(H,27,28). The van der Waals surface area contributed by atoms with Gasteiger partial charge >= 0.3 is 5.97 Å². The Kier molecular flexibility index (Phi) is 5.78. The average Bonchev–Trinajstić information content (AvgIpc) is 3.48. The number of hydrogen-bond donors (Lipinski definition) is 1. The minimum atomic E-state index is -3.81. The molecule has 1 aliphatic carbocycles. The number of ether oxygens (including phenoxy) is 2. The van der Waals surface area contributed by atoms with Crippen LogP contribution in [0.5, 0.6) is 5.75 Å². The first-order valence-corrected chi connectivity index (χ1v) is 13.3. The number of fused-ring (bicyclic) bond motifs is 3. The van der Waals surface area contributed by atoms with Gasteiger partial charge in [-0.1, -0.05) is 0 Å². The van der Waals surface area contributed by atoms with Gasteiger partial charge in [0.25, 0.3) is 5.56 Å². The van der Waals surface area contributed by atoms with Crippen LogP contribution >= 0.6 is 11.3 Å². The highest BCUT2D eigenvalue weighted by Gasteiger charge is 2.37. The number of methoxy groups -OCH3 is 1. The Balaban J connectivity index is 1.76. The highest BCUT2D eigenvalue weighted by Crippen LogP contribution is 2.47. The molecule has 2 aliphatic rings. The van der Waals surface area contributed by atoms with Gasteiger partial charge in [0, 0.05) is 49.4 Å². The van der Waals surface area contributed by atoms with Crippen molar-refractivity contribution in [2.45, 2.75) is 36.0 Å². The molecule has 1 fully saturated rings. The van der Waals surface area contributed by atoms with Gasteiger partial charge in [-0.15, -0.1) is 11.3 Å². The number of nitrogens with zero attached hydrogens (tertiary/aromatic N) is 2. The molecule has 2 aromatic heterocycles. The smallest absolute Gasteiger partial charge is 0.341 e. The number of sulfone groups is 1. The molecule has 178 valence electrons. The molecule has 0 bridgehead atoms. The van der Waals surface area contributed by atoms with Gasteiger partial charge in [-0.05, 0) is 30.5 Å². The molecule has 9 nitrogen and oxygen atoms in total. The third-order valence-electron chi connectivity index (χ3n) is 5.89. The number of carboxylic acids is 1. The lowest BCUT2D eigenvalue weighted by Gasteiger charge is -2.26. The molecular weight excluding hydrogens is 480 g/mol. The Hall–Kier alpha value is -3.02. The van der Waals surface area contributed by atoms with E-state index in [-0.39, 0.29) is 16.7 Å². The van der Waals surface area contributed by atoms with Gasteiger partial charge in [0.1, 0.15) is 16.3 Å². The Labute approximate surface area is 199 Å². The molecule has 1 aromatic carbocycles. The zero-order valence-electron chi connectivity index (χ0n) is 18.3. The summed E-state index contributed by atoms with van der Waals surface area (Å²) in [5.74, 6) is -1.37. The fourth-order valence-electron chi connectivity index (χ4n) is 4.25. The lowest BCUT2D eigenvalue weighted by Crippen LogP contribution is -2.30. The molecule has 5 rings (SSSR count). The van der Waals surface area contributed by atoms with Crippen LogP contribution in [0.4, 0.5) is 0 Å². The van der Waals surface area contributed by atoms with E-state index in [9.17, 15) is 23.1 Å². The molecule has 1 aliphatic heterocycles. The van der Waals surface area contributed by atoms with Gasteiger partial charge in [-0.25, -0.2) is 18.2 Å². The van der Waals surface area contributed by atoms with E-state index in [1.165, 1.54) is 28.0 Å². The van der Waals surface area contributed by atoms with Gasteiger partial charge in [-0.2, -0.15) is 0 Å². The summed E-state index contributed by atoms with van der Waals surface area (Å²) >= 11 is 1.39. The number of carbonyl (C=O) groups is 1.